The maximum absolute atomic E-state index is 9.45. The van der Waals surface area contributed by atoms with Crippen LogP contribution in [0.3, 0.4) is 0 Å². The molecule has 7 nitrogen and oxygen atoms in total. The van der Waals surface area contributed by atoms with Gasteiger partial charge in [-0.1, -0.05) is 0 Å². The molecule has 0 saturated carbocycles. The number of hydrogen-bond donors (Lipinski definition) is 0. The topological polar surface area (TPSA) is 112 Å². The Morgan fingerprint density at radius 3 is 0.889 bits per heavy atom. The fourth-order valence-corrected chi connectivity index (χ4v) is 6.84. The summed E-state index contributed by atoms with van der Waals surface area (Å²) in [5.41, 5.74) is 0. The van der Waals surface area contributed by atoms with Gasteiger partial charge in [0.05, 0.1) is 0 Å². The van der Waals surface area contributed by atoms with Crippen molar-refractivity contribution in [2.24, 2.45) is 0 Å². The molecule has 0 aliphatic carbocycles. The second-order valence-electron chi connectivity index (χ2n) is 0.885. The van der Waals surface area contributed by atoms with E-state index >= 15 is 0 Å². The monoisotopic (exact) mass is 480 g/mol. The summed E-state index contributed by atoms with van der Waals surface area (Å²) in [5.74, 6) is 0. The molecule has 0 spiro atoms. The summed E-state index contributed by atoms with van der Waals surface area (Å²) in [6.45, 7) is 0. The first-order chi connectivity index (χ1) is 3.71. The zero-order chi connectivity index (χ0) is 7.71. The van der Waals surface area contributed by atoms with Crippen molar-refractivity contribution < 1.29 is 55.1 Å². The van der Waals surface area contributed by atoms with Crippen LogP contribution < -0.4 is 0 Å². The molecule has 0 aliphatic heterocycles. The third-order valence-corrected chi connectivity index (χ3v) is 11.2. The molecule has 0 unspecified atom stereocenters. The predicted molar refractivity (Wildman–Crippen MR) is 5.20 cm³/mol. The van der Waals surface area contributed by atoms with Gasteiger partial charge in [-0.3, -0.25) is 0 Å². The van der Waals surface area contributed by atoms with Gasteiger partial charge in [0.2, 0.25) is 0 Å². The second-order valence-corrected chi connectivity index (χ2v) is 11.2. The quantitative estimate of drug-likeness (QED) is 0.510. The van der Waals surface area contributed by atoms with E-state index in [1.807, 2.05) is 0 Å². The van der Waals surface area contributed by atoms with Gasteiger partial charge in [0.15, 0.2) is 0 Å². The molecule has 0 amide bonds. The molecular formula is O7W2. The van der Waals surface area contributed by atoms with Gasteiger partial charge in [-0.05, 0) is 0 Å². The molecule has 0 aliphatic rings. The summed E-state index contributed by atoms with van der Waals surface area (Å²) < 4.78 is 59.4. The first kappa shape index (κ1) is 9.14. The number of rotatable bonds is 2. The summed E-state index contributed by atoms with van der Waals surface area (Å²) in [6.07, 6.45) is 0. The molecule has 0 atom stereocenters. The Labute approximate surface area is 55.1 Å². The van der Waals surface area contributed by atoms with Crippen LogP contribution in [0.4, 0.5) is 0 Å². The third-order valence-electron chi connectivity index (χ3n) is 0.167. The first-order valence-electron chi connectivity index (χ1n) is 1.33. The van der Waals surface area contributed by atoms with Crippen molar-refractivity contribution in [2.75, 3.05) is 0 Å². The van der Waals surface area contributed by atoms with Crippen molar-refractivity contribution in [3.8, 4) is 0 Å². The van der Waals surface area contributed by atoms with Crippen LogP contribution in [0.1, 0.15) is 0 Å². The van der Waals surface area contributed by atoms with Crippen molar-refractivity contribution in [1.82, 2.24) is 0 Å². The zero-order valence-corrected chi connectivity index (χ0v) is 9.54. The van der Waals surface area contributed by atoms with Crippen molar-refractivity contribution in [2.45, 2.75) is 0 Å². The van der Waals surface area contributed by atoms with E-state index < -0.39 is 32.7 Å². The summed E-state index contributed by atoms with van der Waals surface area (Å²) in [4.78, 5) is 0. The van der Waals surface area contributed by atoms with Crippen LogP contribution in [0.5, 0.6) is 0 Å². The van der Waals surface area contributed by atoms with E-state index in [1.165, 1.54) is 0 Å². The average Bonchev–Trinajstić information content (AvgIpc) is 1.14. The fourth-order valence-electron chi connectivity index (χ4n) is 0.102. The molecule has 0 aromatic rings. The van der Waals surface area contributed by atoms with Gasteiger partial charge >= 0.3 is 55.1 Å². The van der Waals surface area contributed by atoms with Crippen molar-refractivity contribution in [1.29, 1.82) is 0 Å². The Morgan fingerprint density at radius 1 is 0.667 bits per heavy atom. The van der Waals surface area contributed by atoms with Crippen molar-refractivity contribution >= 4 is 0 Å². The standard InChI is InChI=1S/7O.2W. The second kappa shape index (κ2) is 2.40. The Bertz CT molecular complexity index is 305. The fraction of sp³-hybridized carbons (Fsp3) is 0. The number of hydrogen-bond acceptors (Lipinski definition) is 7. The Balaban J connectivity index is 4.91. The van der Waals surface area contributed by atoms with Crippen LogP contribution in [0.15, 0.2) is 0 Å². The van der Waals surface area contributed by atoms with Crippen LogP contribution in [0.25, 0.3) is 0 Å². The van der Waals surface area contributed by atoms with Crippen LogP contribution in [-0.2, 0) is 55.1 Å². The summed E-state index contributed by atoms with van der Waals surface area (Å²) in [6, 6.07) is 0. The molecule has 0 N–H and O–H groups in total. The van der Waals surface area contributed by atoms with Gasteiger partial charge in [-0.15, -0.1) is 0 Å². The van der Waals surface area contributed by atoms with Gasteiger partial charge in [-0.25, -0.2) is 0 Å². The Kier molecular flexibility index (Phi) is 2.44. The maximum atomic E-state index is 9.45. The van der Waals surface area contributed by atoms with E-state index in [-0.39, 0.29) is 0 Å². The molecule has 0 rings (SSSR count). The van der Waals surface area contributed by atoms with Gasteiger partial charge in [0, 0.05) is 0 Å². The van der Waals surface area contributed by atoms with E-state index in [4.69, 9.17) is 0 Å². The molecule has 0 fully saturated rings. The third kappa shape index (κ3) is 8.14. The minimum absolute atomic E-state index is 2.71. The molecular weight excluding hydrogens is 480 g/mol. The van der Waals surface area contributed by atoms with E-state index in [0.717, 1.165) is 0 Å². The van der Waals surface area contributed by atoms with Crippen molar-refractivity contribution in [3.63, 3.8) is 0 Å². The van der Waals surface area contributed by atoms with Crippen LogP contribution in [0.2, 0.25) is 0 Å². The van der Waals surface area contributed by atoms with E-state index in [9.17, 15) is 20.4 Å². The van der Waals surface area contributed by atoms with E-state index in [0.29, 0.717) is 0 Å². The molecule has 9 heavy (non-hydrogen) atoms. The Hall–Kier alpha value is 0.137. The molecule has 0 radical (unpaired) electrons. The van der Waals surface area contributed by atoms with Crippen LogP contribution in [-0.4, -0.2) is 0 Å². The minimum atomic E-state index is -6.53. The van der Waals surface area contributed by atoms with Gasteiger partial charge in [0.1, 0.15) is 0 Å². The predicted octanol–water partition coefficient (Wildman–Crippen LogP) is -0.786. The van der Waals surface area contributed by atoms with Crippen molar-refractivity contribution in [3.05, 3.63) is 0 Å². The summed E-state index contributed by atoms with van der Waals surface area (Å²) in [5, 5.41) is 0. The van der Waals surface area contributed by atoms with E-state index in [1.54, 1.807) is 0 Å². The molecule has 0 aromatic heterocycles. The SMILES string of the molecule is [O]=[W](=[O])(=[O])[O][W](=[O])(=[O])=[O]. The Morgan fingerprint density at radius 2 is 0.889 bits per heavy atom. The van der Waals surface area contributed by atoms with Gasteiger partial charge in [0.25, 0.3) is 0 Å². The molecule has 0 bridgehead atoms. The van der Waals surface area contributed by atoms with Crippen LogP contribution >= 0.6 is 0 Å². The molecule has 0 heterocycles. The molecule has 0 aromatic carbocycles. The normalized spacial score (nSPS) is 13.3. The van der Waals surface area contributed by atoms with Gasteiger partial charge < -0.3 is 0 Å². The summed E-state index contributed by atoms with van der Waals surface area (Å²) >= 11 is -13.1. The molecule has 9 heteroatoms. The molecule has 54 valence electrons. The average molecular weight is 480 g/mol. The summed E-state index contributed by atoms with van der Waals surface area (Å²) in [7, 11) is 0. The van der Waals surface area contributed by atoms with E-state index in [2.05, 4.69) is 2.04 Å². The molecule has 0 saturated heterocycles. The van der Waals surface area contributed by atoms with Gasteiger partial charge in [-0.2, -0.15) is 0 Å². The zero-order valence-electron chi connectivity index (χ0n) is 3.67. The van der Waals surface area contributed by atoms with Crippen LogP contribution in [0, 0.1) is 0 Å². The first-order valence-corrected chi connectivity index (χ1v) is 10.9.